The number of fused-ring (bicyclic) bond motifs is 1. The first-order valence-corrected chi connectivity index (χ1v) is 12.6. The number of nitrogens with zero attached hydrogens (tertiary/aromatic N) is 2. The van der Waals surface area contributed by atoms with Crippen molar-refractivity contribution in [1.29, 1.82) is 0 Å². The van der Waals surface area contributed by atoms with E-state index in [9.17, 15) is 9.59 Å². The van der Waals surface area contributed by atoms with Crippen LogP contribution in [0.1, 0.15) is 57.1 Å². The zero-order chi connectivity index (χ0) is 24.1. The standard InChI is InChI=1S/C29H36N2O3/c1-4-14-31-27-18-24(10-11-25(27)26(21(2)3)19-28(31)32)34-20-29(33)30-15-12-23(13-16-30)17-22-8-6-5-7-9-22/h5-11,18-19,21,23H,4,12-17,20H2,1-3H3. The molecule has 2 aromatic carbocycles. The lowest BCUT2D eigenvalue weighted by Crippen LogP contribution is -2.41. The number of likely N-dealkylation sites (tertiary alicyclic amines) is 1. The van der Waals surface area contributed by atoms with Crippen molar-refractivity contribution >= 4 is 16.8 Å². The SMILES string of the molecule is CCCn1c(=O)cc(C(C)C)c2ccc(OCC(=O)N3CCC(Cc4ccccc4)CC3)cc21. The molecule has 0 bridgehead atoms. The molecule has 1 aromatic heterocycles. The minimum Gasteiger partial charge on any atom is -0.484 e. The van der Waals surface area contributed by atoms with Gasteiger partial charge in [-0.25, -0.2) is 0 Å². The first-order chi connectivity index (χ1) is 16.5. The third kappa shape index (κ3) is 5.52. The van der Waals surface area contributed by atoms with Gasteiger partial charge in [0.25, 0.3) is 11.5 Å². The molecule has 34 heavy (non-hydrogen) atoms. The van der Waals surface area contributed by atoms with Crippen molar-refractivity contribution in [3.63, 3.8) is 0 Å². The molecule has 1 fully saturated rings. The van der Waals surface area contributed by atoms with E-state index in [0.29, 0.717) is 18.2 Å². The summed E-state index contributed by atoms with van der Waals surface area (Å²) in [7, 11) is 0. The van der Waals surface area contributed by atoms with Crippen LogP contribution in [0.15, 0.2) is 59.4 Å². The van der Waals surface area contributed by atoms with Crippen LogP contribution in [0.2, 0.25) is 0 Å². The predicted octanol–water partition coefficient (Wildman–Crippen LogP) is 5.40. The molecular weight excluding hydrogens is 424 g/mol. The summed E-state index contributed by atoms with van der Waals surface area (Å²) in [6.45, 7) is 8.52. The number of ether oxygens (including phenoxy) is 1. The van der Waals surface area contributed by atoms with Crippen molar-refractivity contribution in [1.82, 2.24) is 9.47 Å². The van der Waals surface area contributed by atoms with E-state index in [-0.39, 0.29) is 24.0 Å². The number of carbonyl (C=O) groups excluding carboxylic acids is 1. The van der Waals surface area contributed by atoms with Crippen LogP contribution >= 0.6 is 0 Å². The molecule has 2 heterocycles. The Hall–Kier alpha value is -3.08. The van der Waals surface area contributed by atoms with Gasteiger partial charge >= 0.3 is 0 Å². The molecule has 0 radical (unpaired) electrons. The van der Waals surface area contributed by atoms with Crippen LogP contribution < -0.4 is 10.3 Å². The van der Waals surface area contributed by atoms with E-state index in [1.807, 2.05) is 33.7 Å². The predicted molar refractivity (Wildman–Crippen MR) is 138 cm³/mol. The maximum Gasteiger partial charge on any atom is 0.260 e. The fourth-order valence-corrected chi connectivity index (χ4v) is 4.98. The van der Waals surface area contributed by atoms with Crippen molar-refractivity contribution in [3.05, 3.63) is 76.1 Å². The van der Waals surface area contributed by atoms with Crippen LogP contribution in [-0.2, 0) is 17.8 Å². The fraction of sp³-hybridized carbons (Fsp3) is 0.448. The number of hydrogen-bond acceptors (Lipinski definition) is 3. The summed E-state index contributed by atoms with van der Waals surface area (Å²) in [6.07, 6.45) is 4.00. The number of hydrogen-bond donors (Lipinski definition) is 0. The van der Waals surface area contributed by atoms with Gasteiger partial charge in [0, 0.05) is 37.2 Å². The number of aryl methyl sites for hydroxylation is 1. The Kier molecular flexibility index (Phi) is 7.71. The van der Waals surface area contributed by atoms with Crippen molar-refractivity contribution in [2.24, 2.45) is 5.92 Å². The van der Waals surface area contributed by atoms with Crippen LogP contribution in [0, 0.1) is 5.92 Å². The molecule has 1 saturated heterocycles. The van der Waals surface area contributed by atoms with E-state index in [1.54, 1.807) is 6.07 Å². The number of amides is 1. The summed E-state index contributed by atoms with van der Waals surface area (Å²) in [5.41, 5.74) is 3.32. The molecule has 1 aliphatic rings. The van der Waals surface area contributed by atoms with Crippen LogP contribution in [0.5, 0.6) is 5.75 Å². The second-order valence-corrected chi connectivity index (χ2v) is 9.73. The zero-order valence-electron chi connectivity index (χ0n) is 20.6. The lowest BCUT2D eigenvalue weighted by molar-refractivity contribution is -0.134. The highest BCUT2D eigenvalue weighted by molar-refractivity contribution is 5.84. The Labute approximate surface area is 202 Å². The Morgan fingerprint density at radius 2 is 1.79 bits per heavy atom. The number of aromatic nitrogens is 1. The molecule has 5 nitrogen and oxygen atoms in total. The lowest BCUT2D eigenvalue weighted by atomic mass is 9.90. The first-order valence-electron chi connectivity index (χ1n) is 12.6. The molecule has 0 spiro atoms. The second-order valence-electron chi connectivity index (χ2n) is 9.73. The number of rotatable bonds is 8. The highest BCUT2D eigenvalue weighted by atomic mass is 16.5. The fourth-order valence-electron chi connectivity index (χ4n) is 4.98. The van der Waals surface area contributed by atoms with Crippen molar-refractivity contribution < 1.29 is 9.53 Å². The summed E-state index contributed by atoms with van der Waals surface area (Å²) in [5, 5.41) is 1.07. The monoisotopic (exact) mass is 460 g/mol. The van der Waals surface area contributed by atoms with E-state index in [4.69, 9.17) is 4.74 Å². The van der Waals surface area contributed by atoms with Gasteiger partial charge in [-0.15, -0.1) is 0 Å². The highest BCUT2D eigenvalue weighted by Gasteiger charge is 2.23. The topological polar surface area (TPSA) is 51.5 Å². The third-order valence-electron chi connectivity index (χ3n) is 6.88. The van der Waals surface area contributed by atoms with Gasteiger partial charge in [-0.1, -0.05) is 51.1 Å². The molecule has 0 atom stereocenters. The van der Waals surface area contributed by atoms with E-state index < -0.39 is 0 Å². The van der Waals surface area contributed by atoms with Gasteiger partial charge in [0.2, 0.25) is 0 Å². The number of carbonyl (C=O) groups is 1. The Morgan fingerprint density at radius 1 is 1.06 bits per heavy atom. The van der Waals surface area contributed by atoms with Crippen molar-refractivity contribution in [2.75, 3.05) is 19.7 Å². The molecule has 3 aromatic rings. The summed E-state index contributed by atoms with van der Waals surface area (Å²) in [5.74, 6) is 1.54. The molecule has 4 rings (SSSR count). The van der Waals surface area contributed by atoms with Gasteiger partial charge in [0.05, 0.1) is 5.52 Å². The maximum atomic E-state index is 12.8. The maximum absolute atomic E-state index is 12.8. The smallest absolute Gasteiger partial charge is 0.260 e. The summed E-state index contributed by atoms with van der Waals surface area (Å²) < 4.78 is 7.73. The molecule has 0 unspecified atom stereocenters. The van der Waals surface area contributed by atoms with Gasteiger partial charge in [0.15, 0.2) is 6.61 Å². The van der Waals surface area contributed by atoms with Gasteiger partial charge < -0.3 is 14.2 Å². The average Bonchev–Trinajstić information content (AvgIpc) is 2.85. The summed E-state index contributed by atoms with van der Waals surface area (Å²) in [6, 6.07) is 18.2. The zero-order valence-corrected chi connectivity index (χ0v) is 20.6. The van der Waals surface area contributed by atoms with Crippen molar-refractivity contribution in [3.8, 4) is 5.75 Å². The van der Waals surface area contributed by atoms with Crippen LogP contribution in [0.4, 0.5) is 0 Å². The first kappa shape index (κ1) is 24.1. The molecule has 0 saturated carbocycles. The summed E-state index contributed by atoms with van der Waals surface area (Å²) in [4.78, 5) is 27.5. The Balaban J connectivity index is 1.40. The summed E-state index contributed by atoms with van der Waals surface area (Å²) >= 11 is 0. The normalized spacial score (nSPS) is 14.6. The van der Waals surface area contributed by atoms with E-state index in [0.717, 1.165) is 55.2 Å². The average molecular weight is 461 g/mol. The third-order valence-corrected chi connectivity index (χ3v) is 6.88. The minimum atomic E-state index is 0.0182. The van der Waals surface area contributed by atoms with E-state index in [1.165, 1.54) is 5.56 Å². The number of benzene rings is 2. The molecule has 180 valence electrons. The number of piperidine rings is 1. The van der Waals surface area contributed by atoms with Gasteiger partial charge in [0.1, 0.15) is 5.75 Å². The van der Waals surface area contributed by atoms with Gasteiger partial charge in [-0.2, -0.15) is 0 Å². The minimum absolute atomic E-state index is 0.0182. The molecule has 1 aliphatic heterocycles. The molecule has 0 N–H and O–H groups in total. The quantitative estimate of drug-likeness (QED) is 0.453. The Bertz CT molecular complexity index is 1180. The molecule has 5 heteroatoms. The highest BCUT2D eigenvalue weighted by Crippen LogP contribution is 2.28. The van der Waals surface area contributed by atoms with Crippen LogP contribution in [-0.4, -0.2) is 35.1 Å². The molecule has 1 amide bonds. The van der Waals surface area contributed by atoms with Crippen LogP contribution in [0.25, 0.3) is 10.9 Å². The van der Waals surface area contributed by atoms with Crippen molar-refractivity contribution in [2.45, 2.75) is 58.9 Å². The van der Waals surface area contributed by atoms with Gasteiger partial charge in [-0.3, -0.25) is 9.59 Å². The largest absolute Gasteiger partial charge is 0.484 e. The second kappa shape index (κ2) is 10.9. The number of pyridine rings is 1. The van der Waals surface area contributed by atoms with Crippen LogP contribution in [0.3, 0.4) is 0 Å². The molecular formula is C29H36N2O3. The lowest BCUT2D eigenvalue weighted by Gasteiger charge is -2.32. The Morgan fingerprint density at radius 3 is 2.47 bits per heavy atom. The van der Waals surface area contributed by atoms with Gasteiger partial charge in [-0.05, 0) is 60.8 Å². The van der Waals surface area contributed by atoms with E-state index >= 15 is 0 Å². The van der Waals surface area contributed by atoms with E-state index in [2.05, 4.69) is 45.0 Å². The molecule has 0 aliphatic carbocycles.